The molecular weight excluding hydrogens is 749 g/mol. The Morgan fingerprint density at radius 2 is 0.915 bits per heavy atom. The number of para-hydroxylation sites is 2. The normalized spacial score (nSPS) is 12.0. The van der Waals surface area contributed by atoms with E-state index in [0.717, 1.165) is 61.4 Å². The highest BCUT2D eigenvalue weighted by Gasteiger charge is 2.25. The van der Waals surface area contributed by atoms with Crippen molar-refractivity contribution in [3.8, 4) is 51.5 Å². The first kappa shape index (κ1) is 34.5. The van der Waals surface area contributed by atoms with Crippen LogP contribution in [-0.4, -0.2) is 24.5 Å². The highest BCUT2D eigenvalue weighted by atomic mass is 32.2. The topological polar surface area (TPSA) is 78.2 Å². The van der Waals surface area contributed by atoms with Crippen molar-refractivity contribution in [2.45, 2.75) is 9.79 Å². The molecule has 1 aliphatic rings. The van der Waals surface area contributed by atoms with Crippen molar-refractivity contribution in [2.24, 2.45) is 0 Å². The Hall–Kier alpha value is -7.75. The molecule has 0 fully saturated rings. The van der Waals surface area contributed by atoms with Gasteiger partial charge in [0, 0.05) is 56.2 Å². The number of rotatable bonds is 8. The van der Waals surface area contributed by atoms with E-state index in [4.69, 9.17) is 19.4 Å². The fraction of sp³-hybridized carbons (Fsp3) is 0. The quantitative estimate of drug-likeness (QED) is 0.151. The van der Waals surface area contributed by atoms with Gasteiger partial charge in [0.05, 0.1) is 51.9 Å². The number of pyridine rings is 2. The minimum atomic E-state index is 0.519. The van der Waals surface area contributed by atoms with Gasteiger partial charge in [-0.3, -0.25) is 14.5 Å². The molecule has 0 radical (unpaired) electrons. The molecule has 59 heavy (non-hydrogen) atoms. The van der Waals surface area contributed by atoms with E-state index in [1.807, 2.05) is 122 Å². The fourth-order valence-corrected chi connectivity index (χ4v) is 8.68. The predicted molar refractivity (Wildman–Crippen MR) is 235 cm³/mol. The van der Waals surface area contributed by atoms with Crippen LogP contribution in [0.5, 0.6) is 23.0 Å². The van der Waals surface area contributed by atoms with E-state index >= 15 is 0 Å². The Labute approximate surface area is 344 Å². The number of anilines is 3. The molecule has 0 bridgehead atoms. The number of fused-ring (bicyclic) bond motifs is 5. The minimum absolute atomic E-state index is 0.519. The average Bonchev–Trinajstić information content (AvgIpc) is 3.61. The molecule has 10 aromatic rings. The Bertz CT molecular complexity index is 2970. The first-order valence-corrected chi connectivity index (χ1v) is 20.0. The minimum Gasteiger partial charge on any atom is -0.457 e. The number of hydrogen-bond acceptors (Lipinski definition) is 8. The van der Waals surface area contributed by atoms with Gasteiger partial charge in [-0.2, -0.15) is 0 Å². The lowest BCUT2D eigenvalue weighted by atomic mass is 10.1. The number of nitrogens with zero attached hydrogens (tertiary/aromatic N) is 6. The molecular formula is C50H32N6O2S. The van der Waals surface area contributed by atoms with Gasteiger partial charge in [-0.05, 0) is 97.1 Å². The Kier molecular flexibility index (Phi) is 8.56. The van der Waals surface area contributed by atoms with Crippen LogP contribution >= 0.6 is 11.8 Å². The summed E-state index contributed by atoms with van der Waals surface area (Å²) in [7, 11) is 0. The third kappa shape index (κ3) is 6.49. The molecule has 280 valence electrons. The van der Waals surface area contributed by atoms with Crippen LogP contribution in [0.1, 0.15) is 0 Å². The summed E-state index contributed by atoms with van der Waals surface area (Å²) >= 11 is 1.77. The Morgan fingerprint density at radius 1 is 0.424 bits per heavy atom. The highest BCUT2D eigenvalue weighted by molar-refractivity contribution is 7.99. The lowest BCUT2D eigenvalue weighted by Crippen LogP contribution is -2.15. The van der Waals surface area contributed by atoms with Gasteiger partial charge in [0.15, 0.2) is 0 Å². The van der Waals surface area contributed by atoms with E-state index < -0.39 is 0 Å². The average molecular weight is 781 g/mol. The lowest BCUT2D eigenvalue weighted by molar-refractivity contribution is 0.483. The molecule has 8 nitrogen and oxygen atoms in total. The summed E-state index contributed by atoms with van der Waals surface area (Å²) in [6.45, 7) is 0. The number of ether oxygens (including phenoxy) is 2. The lowest BCUT2D eigenvalue weighted by Gasteiger charge is -2.32. The van der Waals surface area contributed by atoms with Crippen LogP contribution < -0.4 is 14.4 Å². The number of aromatic nitrogens is 5. The van der Waals surface area contributed by atoms with Crippen LogP contribution in [0.3, 0.4) is 0 Å². The second-order valence-electron chi connectivity index (χ2n) is 14.0. The molecule has 0 spiro atoms. The zero-order valence-electron chi connectivity index (χ0n) is 31.4. The number of benzene rings is 6. The first-order chi connectivity index (χ1) is 29.2. The van der Waals surface area contributed by atoms with Gasteiger partial charge >= 0.3 is 0 Å². The monoisotopic (exact) mass is 780 g/mol. The number of hydrogen-bond donors (Lipinski definition) is 0. The maximum atomic E-state index is 6.53. The predicted octanol–water partition coefficient (Wildman–Crippen LogP) is 13.2. The maximum absolute atomic E-state index is 6.53. The van der Waals surface area contributed by atoms with Crippen molar-refractivity contribution in [1.82, 2.24) is 24.5 Å². The summed E-state index contributed by atoms with van der Waals surface area (Å²) in [6, 6.07) is 56.9. The summed E-state index contributed by atoms with van der Waals surface area (Å²) < 4.78 is 15.1. The van der Waals surface area contributed by atoms with E-state index in [-0.39, 0.29) is 0 Å². The molecule has 0 N–H and O–H groups in total. The third-order valence-corrected chi connectivity index (χ3v) is 11.4. The largest absolute Gasteiger partial charge is 0.457 e. The Balaban J connectivity index is 1.02. The van der Waals surface area contributed by atoms with Crippen molar-refractivity contribution in [2.75, 3.05) is 4.90 Å². The highest BCUT2D eigenvalue weighted by Crippen LogP contribution is 2.51. The second-order valence-corrected chi connectivity index (χ2v) is 15.1. The zero-order valence-corrected chi connectivity index (χ0v) is 32.2. The zero-order chi connectivity index (χ0) is 39.1. The molecule has 5 heterocycles. The van der Waals surface area contributed by atoms with E-state index in [9.17, 15) is 0 Å². The third-order valence-electron chi connectivity index (χ3n) is 10.3. The van der Waals surface area contributed by atoms with E-state index in [1.165, 1.54) is 9.79 Å². The summed E-state index contributed by atoms with van der Waals surface area (Å²) in [5, 5.41) is 2.06. The van der Waals surface area contributed by atoms with Gasteiger partial charge in [-0.15, -0.1) is 0 Å². The molecule has 9 heteroatoms. The van der Waals surface area contributed by atoms with E-state index in [0.29, 0.717) is 28.9 Å². The molecule has 4 aromatic heterocycles. The van der Waals surface area contributed by atoms with Gasteiger partial charge < -0.3 is 14.4 Å². The Morgan fingerprint density at radius 3 is 1.42 bits per heavy atom. The summed E-state index contributed by atoms with van der Waals surface area (Å²) in [4.78, 5) is 23.8. The van der Waals surface area contributed by atoms with Crippen LogP contribution in [0.2, 0.25) is 0 Å². The standard InChI is InChI=1S/C50H32N6O2S/c1-3-19-48-44(17-1)55(45-18-2-4-20-49(45)59-48)35-31-53-50(54-32-35)56-46-29-38(57-36-13-9-11-33(27-36)42-15-5-7-25-51-42)21-23-40(46)41-24-22-39(30-47(41)56)58-37-14-10-12-34(28-37)43-16-6-8-26-52-43/h1-32H. The van der Waals surface area contributed by atoms with Gasteiger partial charge in [-0.25, -0.2) is 9.97 Å². The first-order valence-electron chi connectivity index (χ1n) is 19.2. The van der Waals surface area contributed by atoms with Crippen LogP contribution in [-0.2, 0) is 0 Å². The van der Waals surface area contributed by atoms with Crippen LogP contribution in [0.4, 0.5) is 17.1 Å². The van der Waals surface area contributed by atoms with Gasteiger partial charge in [0.25, 0.3) is 0 Å². The van der Waals surface area contributed by atoms with Crippen molar-refractivity contribution < 1.29 is 9.47 Å². The van der Waals surface area contributed by atoms with E-state index in [1.54, 1.807) is 24.2 Å². The molecule has 0 amide bonds. The van der Waals surface area contributed by atoms with Gasteiger partial charge in [-0.1, -0.05) is 72.4 Å². The van der Waals surface area contributed by atoms with Crippen LogP contribution in [0, 0.1) is 0 Å². The smallest absolute Gasteiger partial charge is 0.234 e. The van der Waals surface area contributed by atoms with Gasteiger partial charge in [0.1, 0.15) is 23.0 Å². The molecule has 0 saturated carbocycles. The van der Waals surface area contributed by atoms with E-state index in [2.05, 4.69) is 80.1 Å². The molecule has 11 rings (SSSR count). The molecule has 0 saturated heterocycles. The maximum Gasteiger partial charge on any atom is 0.234 e. The summed E-state index contributed by atoms with van der Waals surface area (Å²) in [6.07, 6.45) is 7.39. The molecule has 0 aliphatic carbocycles. The SMILES string of the molecule is c1ccc(-c2cccc(Oc3ccc4c5ccc(Oc6cccc(-c7ccccn7)c6)cc5n(-c5ncc(N6c7ccccc7Sc7ccccc76)cn5)c4c3)c2)nc1. The molecule has 0 atom stereocenters. The van der Waals surface area contributed by atoms with Crippen molar-refractivity contribution >= 4 is 50.6 Å². The van der Waals surface area contributed by atoms with Crippen LogP contribution in [0.25, 0.3) is 50.3 Å². The molecule has 1 aliphatic heterocycles. The fourth-order valence-electron chi connectivity index (χ4n) is 7.63. The van der Waals surface area contributed by atoms with Crippen molar-refractivity contribution in [3.63, 3.8) is 0 Å². The van der Waals surface area contributed by atoms with Crippen molar-refractivity contribution in [1.29, 1.82) is 0 Å². The summed E-state index contributed by atoms with van der Waals surface area (Å²) in [5.41, 5.74) is 8.54. The molecule has 0 unspecified atom stereocenters. The van der Waals surface area contributed by atoms with Crippen molar-refractivity contribution in [3.05, 3.63) is 195 Å². The summed E-state index contributed by atoms with van der Waals surface area (Å²) in [5.74, 6) is 3.29. The van der Waals surface area contributed by atoms with Crippen LogP contribution in [0.15, 0.2) is 204 Å². The second kappa shape index (κ2) is 14.6. The van der Waals surface area contributed by atoms with Gasteiger partial charge in [0.2, 0.25) is 5.95 Å². The molecule has 6 aromatic carbocycles.